The maximum absolute atomic E-state index is 11.6. The molecule has 1 fully saturated rings. The number of β-amino-alcohol motifs (C(OH)–C–C–N with tert-alkyl or cyclic N) is 1. The van der Waals surface area contributed by atoms with Gasteiger partial charge in [0, 0.05) is 38.4 Å². The van der Waals surface area contributed by atoms with E-state index in [9.17, 15) is 9.90 Å². The molecule has 0 radical (unpaired) electrons. The van der Waals surface area contributed by atoms with E-state index < -0.39 is 6.10 Å². The van der Waals surface area contributed by atoms with Crippen LogP contribution in [0.25, 0.3) is 0 Å². The molecule has 1 aromatic heterocycles. The Morgan fingerprint density at radius 2 is 2.39 bits per heavy atom. The van der Waals surface area contributed by atoms with E-state index in [4.69, 9.17) is 4.74 Å². The van der Waals surface area contributed by atoms with Gasteiger partial charge >= 0.3 is 5.97 Å². The number of carbonyl (C=O) groups is 1. The fourth-order valence-corrected chi connectivity index (χ4v) is 2.38. The van der Waals surface area contributed by atoms with E-state index in [1.807, 2.05) is 15.7 Å². The van der Waals surface area contributed by atoms with Gasteiger partial charge in [-0.15, -0.1) is 0 Å². The number of methoxy groups -OCH3 is 1. The number of ether oxygens (including phenoxy) is 1. The zero-order chi connectivity index (χ0) is 13.0. The van der Waals surface area contributed by atoms with Crippen molar-refractivity contribution >= 4 is 5.97 Å². The molecule has 18 heavy (non-hydrogen) atoms. The number of aliphatic hydroxyl groups is 1. The first kappa shape index (κ1) is 13.0. The summed E-state index contributed by atoms with van der Waals surface area (Å²) < 4.78 is 6.76. The Morgan fingerprint density at radius 1 is 1.56 bits per heavy atom. The zero-order valence-corrected chi connectivity index (χ0v) is 10.5. The number of aromatic nitrogens is 2. The largest absolute Gasteiger partial charge is 0.468 e. The van der Waals surface area contributed by atoms with Gasteiger partial charge in [-0.1, -0.05) is 0 Å². The molecule has 0 aliphatic carbocycles. The van der Waals surface area contributed by atoms with Crippen LogP contribution >= 0.6 is 0 Å². The number of imidazole rings is 1. The molecule has 1 aliphatic rings. The maximum Gasteiger partial charge on any atom is 0.323 e. The predicted molar refractivity (Wildman–Crippen MR) is 64.8 cm³/mol. The van der Waals surface area contributed by atoms with E-state index in [0.29, 0.717) is 13.0 Å². The van der Waals surface area contributed by atoms with Gasteiger partial charge in [0.15, 0.2) is 0 Å². The Bertz CT molecular complexity index is 380. The number of carbonyl (C=O) groups excluding carboxylic acids is 1. The molecule has 0 amide bonds. The van der Waals surface area contributed by atoms with Crippen LogP contribution in [-0.4, -0.2) is 57.9 Å². The van der Waals surface area contributed by atoms with Crippen molar-refractivity contribution in [3.05, 3.63) is 18.7 Å². The third kappa shape index (κ3) is 3.08. The molecule has 1 aromatic rings. The minimum atomic E-state index is -0.428. The van der Waals surface area contributed by atoms with Crippen LogP contribution in [0.5, 0.6) is 0 Å². The zero-order valence-electron chi connectivity index (χ0n) is 10.5. The van der Waals surface area contributed by atoms with Crippen LogP contribution in [0.2, 0.25) is 0 Å². The average Bonchev–Trinajstić information content (AvgIpc) is 2.98. The highest BCUT2D eigenvalue weighted by molar-refractivity contribution is 5.76. The monoisotopic (exact) mass is 253 g/mol. The third-order valence-corrected chi connectivity index (χ3v) is 3.28. The fourth-order valence-electron chi connectivity index (χ4n) is 2.38. The molecular weight excluding hydrogens is 234 g/mol. The molecule has 100 valence electrons. The molecule has 6 nitrogen and oxygen atoms in total. The molecule has 0 aromatic carbocycles. The highest BCUT2D eigenvalue weighted by atomic mass is 16.5. The van der Waals surface area contributed by atoms with Crippen molar-refractivity contribution in [2.45, 2.75) is 31.5 Å². The summed E-state index contributed by atoms with van der Waals surface area (Å²) in [7, 11) is 1.39. The highest BCUT2D eigenvalue weighted by Gasteiger charge is 2.36. The number of esters is 1. The number of nitrogens with zero attached hydrogens (tertiary/aromatic N) is 3. The number of aliphatic hydroxyl groups excluding tert-OH is 1. The van der Waals surface area contributed by atoms with Crippen molar-refractivity contribution in [2.24, 2.45) is 0 Å². The SMILES string of the molecule is COC(=O)C1CC(O)CN1CCCn1ccnc1. The van der Waals surface area contributed by atoms with Crippen LogP contribution in [0.15, 0.2) is 18.7 Å². The first-order valence-corrected chi connectivity index (χ1v) is 6.16. The van der Waals surface area contributed by atoms with Gasteiger partial charge in [0.1, 0.15) is 6.04 Å². The second-order valence-electron chi connectivity index (χ2n) is 4.58. The summed E-state index contributed by atoms with van der Waals surface area (Å²) in [5.41, 5.74) is 0. The molecule has 2 atom stereocenters. The molecule has 1 aliphatic heterocycles. The maximum atomic E-state index is 11.6. The number of hydrogen-bond acceptors (Lipinski definition) is 5. The molecule has 0 bridgehead atoms. The summed E-state index contributed by atoms with van der Waals surface area (Å²) in [6, 6.07) is -0.298. The number of aryl methyl sites for hydroxylation is 1. The Morgan fingerprint density at radius 3 is 3.06 bits per heavy atom. The first-order chi connectivity index (χ1) is 8.70. The number of rotatable bonds is 5. The normalized spacial score (nSPS) is 24.3. The standard InChI is InChI=1S/C12H19N3O3/c1-18-12(17)11-7-10(16)8-15(11)5-2-4-14-6-3-13-9-14/h3,6,9-11,16H,2,4-5,7-8H2,1H3. The van der Waals surface area contributed by atoms with E-state index in [1.54, 1.807) is 12.5 Å². The van der Waals surface area contributed by atoms with E-state index in [0.717, 1.165) is 19.5 Å². The Hall–Kier alpha value is -1.40. The predicted octanol–water partition coefficient (Wildman–Crippen LogP) is -0.119. The lowest BCUT2D eigenvalue weighted by Crippen LogP contribution is -2.37. The van der Waals surface area contributed by atoms with Crippen molar-refractivity contribution in [2.75, 3.05) is 20.2 Å². The Kier molecular flexibility index (Phi) is 4.33. The van der Waals surface area contributed by atoms with Crippen molar-refractivity contribution in [3.63, 3.8) is 0 Å². The van der Waals surface area contributed by atoms with Gasteiger partial charge in [-0.25, -0.2) is 4.98 Å². The van der Waals surface area contributed by atoms with Gasteiger partial charge in [0.25, 0.3) is 0 Å². The van der Waals surface area contributed by atoms with E-state index in [2.05, 4.69) is 4.98 Å². The van der Waals surface area contributed by atoms with Crippen molar-refractivity contribution in [1.82, 2.24) is 14.5 Å². The quantitative estimate of drug-likeness (QED) is 0.741. The van der Waals surface area contributed by atoms with E-state index in [-0.39, 0.29) is 12.0 Å². The van der Waals surface area contributed by atoms with E-state index in [1.165, 1.54) is 7.11 Å². The molecule has 2 heterocycles. The van der Waals surface area contributed by atoms with Crippen LogP contribution in [0.4, 0.5) is 0 Å². The van der Waals surface area contributed by atoms with Gasteiger partial charge in [0.05, 0.1) is 19.5 Å². The van der Waals surface area contributed by atoms with Gasteiger partial charge < -0.3 is 14.4 Å². The average molecular weight is 253 g/mol. The molecule has 2 rings (SSSR count). The van der Waals surface area contributed by atoms with Crippen LogP contribution in [0.1, 0.15) is 12.8 Å². The molecule has 0 spiro atoms. The second kappa shape index (κ2) is 5.97. The van der Waals surface area contributed by atoms with Gasteiger partial charge in [0.2, 0.25) is 0 Å². The number of likely N-dealkylation sites (tertiary alicyclic amines) is 1. The molecule has 1 N–H and O–H groups in total. The Balaban J connectivity index is 1.81. The van der Waals surface area contributed by atoms with Gasteiger partial charge in [-0.3, -0.25) is 9.69 Å². The first-order valence-electron chi connectivity index (χ1n) is 6.16. The van der Waals surface area contributed by atoms with E-state index >= 15 is 0 Å². The molecule has 6 heteroatoms. The van der Waals surface area contributed by atoms with Crippen LogP contribution in [0.3, 0.4) is 0 Å². The van der Waals surface area contributed by atoms with Crippen molar-refractivity contribution in [1.29, 1.82) is 0 Å². The summed E-state index contributed by atoms with van der Waals surface area (Å²) in [5.74, 6) is -0.255. The minimum Gasteiger partial charge on any atom is -0.468 e. The fraction of sp³-hybridized carbons (Fsp3) is 0.667. The van der Waals surface area contributed by atoms with Crippen molar-refractivity contribution < 1.29 is 14.6 Å². The Labute approximate surface area is 106 Å². The minimum absolute atomic E-state index is 0.255. The summed E-state index contributed by atoms with van der Waals surface area (Å²) >= 11 is 0. The molecule has 1 saturated heterocycles. The van der Waals surface area contributed by atoms with Gasteiger partial charge in [-0.05, 0) is 6.42 Å². The third-order valence-electron chi connectivity index (χ3n) is 3.28. The smallest absolute Gasteiger partial charge is 0.323 e. The van der Waals surface area contributed by atoms with Crippen LogP contribution < -0.4 is 0 Å². The molecular formula is C12H19N3O3. The summed E-state index contributed by atoms with van der Waals surface area (Å²) in [6.45, 7) is 2.18. The van der Waals surface area contributed by atoms with Gasteiger partial charge in [-0.2, -0.15) is 0 Å². The van der Waals surface area contributed by atoms with Crippen LogP contribution in [0, 0.1) is 0 Å². The summed E-state index contributed by atoms with van der Waals surface area (Å²) in [5, 5.41) is 9.63. The highest BCUT2D eigenvalue weighted by Crippen LogP contribution is 2.19. The second-order valence-corrected chi connectivity index (χ2v) is 4.58. The van der Waals surface area contributed by atoms with Crippen LogP contribution in [-0.2, 0) is 16.1 Å². The molecule has 2 unspecified atom stereocenters. The lowest BCUT2D eigenvalue weighted by Gasteiger charge is -2.21. The molecule has 0 saturated carbocycles. The topological polar surface area (TPSA) is 67.6 Å². The summed E-state index contributed by atoms with van der Waals surface area (Å²) in [6.07, 6.45) is 6.39. The summed E-state index contributed by atoms with van der Waals surface area (Å²) in [4.78, 5) is 17.5. The van der Waals surface area contributed by atoms with Crippen molar-refractivity contribution in [3.8, 4) is 0 Å². The lowest BCUT2D eigenvalue weighted by atomic mass is 10.2. The lowest BCUT2D eigenvalue weighted by molar-refractivity contribution is -0.145. The number of hydrogen-bond donors (Lipinski definition) is 1.